The average Bonchev–Trinajstić information content (AvgIpc) is 3.01. The molecule has 1 aromatic carbocycles. The summed E-state index contributed by atoms with van der Waals surface area (Å²) >= 11 is 12.2. The highest BCUT2D eigenvalue weighted by Crippen LogP contribution is 2.31. The van der Waals surface area contributed by atoms with Crippen molar-refractivity contribution in [1.29, 1.82) is 0 Å². The fourth-order valence-corrected chi connectivity index (χ4v) is 2.93. The first-order chi connectivity index (χ1) is 11.2. The summed E-state index contributed by atoms with van der Waals surface area (Å²) in [5.74, 6) is 1.68. The Kier molecular flexibility index (Phi) is 10.5. The van der Waals surface area contributed by atoms with E-state index in [-0.39, 0.29) is 12.4 Å². The Morgan fingerprint density at radius 3 is 2.50 bits per heavy atom. The molecular weight excluding hydrogens is 365 g/mol. The number of rotatable bonds is 10. The van der Waals surface area contributed by atoms with Crippen molar-refractivity contribution in [1.82, 2.24) is 5.32 Å². The van der Waals surface area contributed by atoms with Gasteiger partial charge in [-0.3, -0.25) is 0 Å². The van der Waals surface area contributed by atoms with Crippen LogP contribution in [-0.2, 0) is 6.54 Å². The van der Waals surface area contributed by atoms with Crippen molar-refractivity contribution in [3.63, 3.8) is 0 Å². The number of nitrogens with one attached hydrogen (secondary N) is 1. The minimum atomic E-state index is 0. The van der Waals surface area contributed by atoms with Crippen LogP contribution >= 0.6 is 35.6 Å². The molecular formula is C19H26Cl3NO. The third-order valence-electron chi connectivity index (χ3n) is 3.86. The van der Waals surface area contributed by atoms with E-state index < -0.39 is 0 Å². The molecule has 2 aromatic rings. The highest BCUT2D eigenvalue weighted by atomic mass is 35.5. The molecule has 0 radical (unpaired) electrons. The summed E-state index contributed by atoms with van der Waals surface area (Å²) in [7, 11) is 0. The Morgan fingerprint density at radius 1 is 0.958 bits per heavy atom. The van der Waals surface area contributed by atoms with Gasteiger partial charge in [0.2, 0.25) is 0 Å². The molecule has 0 atom stereocenters. The lowest BCUT2D eigenvalue weighted by molar-refractivity contribution is 0.485. The predicted octanol–water partition coefficient (Wildman–Crippen LogP) is 7.13. The van der Waals surface area contributed by atoms with E-state index in [1.165, 1.54) is 38.5 Å². The van der Waals surface area contributed by atoms with E-state index >= 15 is 0 Å². The molecule has 1 aromatic heterocycles. The van der Waals surface area contributed by atoms with Gasteiger partial charge < -0.3 is 9.73 Å². The molecule has 0 aliphatic heterocycles. The van der Waals surface area contributed by atoms with Gasteiger partial charge in [0.1, 0.15) is 11.5 Å². The van der Waals surface area contributed by atoms with Gasteiger partial charge in [0.05, 0.1) is 11.6 Å². The number of furan rings is 1. The van der Waals surface area contributed by atoms with Gasteiger partial charge in [0.25, 0.3) is 0 Å². The molecule has 0 saturated carbocycles. The molecule has 1 heterocycles. The summed E-state index contributed by atoms with van der Waals surface area (Å²) in [6, 6.07) is 9.33. The van der Waals surface area contributed by atoms with Gasteiger partial charge in [-0.25, -0.2) is 0 Å². The molecule has 2 nitrogen and oxygen atoms in total. The molecule has 0 bridgehead atoms. The van der Waals surface area contributed by atoms with Crippen LogP contribution in [0, 0.1) is 0 Å². The Labute approximate surface area is 161 Å². The fourth-order valence-electron chi connectivity index (χ4n) is 2.55. The van der Waals surface area contributed by atoms with Gasteiger partial charge >= 0.3 is 0 Å². The van der Waals surface area contributed by atoms with Crippen LogP contribution in [-0.4, -0.2) is 6.54 Å². The van der Waals surface area contributed by atoms with E-state index in [0.717, 1.165) is 30.2 Å². The Morgan fingerprint density at radius 2 is 1.71 bits per heavy atom. The molecule has 134 valence electrons. The topological polar surface area (TPSA) is 25.2 Å². The highest BCUT2D eigenvalue weighted by Gasteiger charge is 2.09. The third-order valence-corrected chi connectivity index (χ3v) is 4.43. The summed E-state index contributed by atoms with van der Waals surface area (Å²) in [5.41, 5.74) is 0.835. The van der Waals surface area contributed by atoms with Gasteiger partial charge in [-0.15, -0.1) is 12.4 Å². The minimum absolute atomic E-state index is 0. The largest absolute Gasteiger partial charge is 0.460 e. The van der Waals surface area contributed by atoms with E-state index in [2.05, 4.69) is 12.2 Å². The standard InChI is InChI=1S/C19H25Cl2NO.ClH/c1-2-3-4-5-6-7-12-22-14-16-9-11-19(23-16)17-13-15(20)8-10-18(17)21;/h8-11,13,22H,2-7,12,14H2,1H3;1H. The lowest BCUT2D eigenvalue weighted by Crippen LogP contribution is -2.14. The summed E-state index contributed by atoms with van der Waals surface area (Å²) in [6.07, 6.45) is 7.88. The highest BCUT2D eigenvalue weighted by molar-refractivity contribution is 6.35. The average molecular weight is 391 g/mol. The Balaban J connectivity index is 0.00000288. The lowest BCUT2D eigenvalue weighted by Gasteiger charge is -2.04. The van der Waals surface area contributed by atoms with Gasteiger partial charge in [-0.1, -0.05) is 62.2 Å². The van der Waals surface area contributed by atoms with Crippen LogP contribution in [0.15, 0.2) is 34.7 Å². The number of benzene rings is 1. The summed E-state index contributed by atoms with van der Waals surface area (Å²) in [5, 5.41) is 4.74. The van der Waals surface area contributed by atoms with E-state index in [4.69, 9.17) is 27.6 Å². The zero-order chi connectivity index (χ0) is 16.5. The van der Waals surface area contributed by atoms with Crippen LogP contribution in [0.25, 0.3) is 11.3 Å². The number of halogens is 3. The van der Waals surface area contributed by atoms with Crippen molar-refractivity contribution in [3.8, 4) is 11.3 Å². The van der Waals surface area contributed by atoms with Gasteiger partial charge in [0, 0.05) is 10.6 Å². The summed E-state index contributed by atoms with van der Waals surface area (Å²) in [4.78, 5) is 0. The van der Waals surface area contributed by atoms with Crippen molar-refractivity contribution in [2.45, 2.75) is 52.0 Å². The van der Waals surface area contributed by atoms with Crippen LogP contribution in [0.2, 0.25) is 10.0 Å². The van der Waals surface area contributed by atoms with Gasteiger partial charge in [-0.05, 0) is 43.3 Å². The Hall–Kier alpha value is -0.670. The first-order valence-corrected chi connectivity index (χ1v) is 9.21. The van der Waals surface area contributed by atoms with Gasteiger partial charge in [-0.2, -0.15) is 0 Å². The SMILES string of the molecule is CCCCCCCCNCc1ccc(-c2cc(Cl)ccc2Cl)o1.Cl. The van der Waals surface area contributed by atoms with Crippen LogP contribution in [0.4, 0.5) is 0 Å². The van der Waals surface area contributed by atoms with Crippen LogP contribution in [0.3, 0.4) is 0 Å². The molecule has 2 rings (SSSR count). The van der Waals surface area contributed by atoms with E-state index in [1.54, 1.807) is 12.1 Å². The second-order valence-electron chi connectivity index (χ2n) is 5.83. The normalized spacial score (nSPS) is 10.6. The quantitative estimate of drug-likeness (QED) is 0.437. The molecule has 5 heteroatoms. The summed E-state index contributed by atoms with van der Waals surface area (Å²) in [6.45, 7) is 4.02. The molecule has 0 amide bonds. The second kappa shape index (κ2) is 11.8. The maximum atomic E-state index is 6.20. The van der Waals surface area contributed by atoms with Crippen LogP contribution in [0.1, 0.15) is 51.2 Å². The Bertz CT molecular complexity index is 598. The van der Waals surface area contributed by atoms with Crippen molar-refractivity contribution in [2.75, 3.05) is 6.54 Å². The zero-order valence-electron chi connectivity index (χ0n) is 14.1. The van der Waals surface area contributed by atoms with Crippen molar-refractivity contribution in [3.05, 3.63) is 46.1 Å². The zero-order valence-corrected chi connectivity index (χ0v) is 16.4. The molecule has 0 unspecified atom stereocenters. The summed E-state index contributed by atoms with van der Waals surface area (Å²) < 4.78 is 5.86. The predicted molar refractivity (Wildman–Crippen MR) is 106 cm³/mol. The maximum Gasteiger partial charge on any atom is 0.135 e. The lowest BCUT2D eigenvalue weighted by atomic mass is 10.1. The van der Waals surface area contributed by atoms with Crippen molar-refractivity contribution >= 4 is 35.6 Å². The van der Waals surface area contributed by atoms with Crippen molar-refractivity contribution < 1.29 is 4.42 Å². The monoisotopic (exact) mass is 389 g/mol. The molecule has 0 spiro atoms. The fraction of sp³-hybridized carbons (Fsp3) is 0.474. The molecule has 24 heavy (non-hydrogen) atoms. The second-order valence-corrected chi connectivity index (χ2v) is 6.68. The molecule has 0 aliphatic rings. The number of unbranched alkanes of at least 4 members (excludes halogenated alkanes) is 5. The molecule has 0 aliphatic carbocycles. The van der Waals surface area contributed by atoms with E-state index in [9.17, 15) is 0 Å². The first kappa shape index (κ1) is 21.4. The van der Waals surface area contributed by atoms with Crippen LogP contribution < -0.4 is 5.32 Å². The molecule has 1 N–H and O–H groups in total. The smallest absolute Gasteiger partial charge is 0.135 e. The maximum absolute atomic E-state index is 6.20. The molecule has 0 fully saturated rings. The van der Waals surface area contributed by atoms with Crippen LogP contribution in [0.5, 0.6) is 0 Å². The van der Waals surface area contributed by atoms with Gasteiger partial charge in [0.15, 0.2) is 0 Å². The van der Waals surface area contributed by atoms with E-state index in [0.29, 0.717) is 10.0 Å². The number of hydrogen-bond acceptors (Lipinski definition) is 2. The van der Waals surface area contributed by atoms with E-state index in [1.807, 2.05) is 18.2 Å². The minimum Gasteiger partial charge on any atom is -0.460 e. The molecule has 0 saturated heterocycles. The number of hydrogen-bond donors (Lipinski definition) is 1. The van der Waals surface area contributed by atoms with Crippen molar-refractivity contribution in [2.24, 2.45) is 0 Å². The third kappa shape index (κ3) is 7.06. The first-order valence-electron chi connectivity index (χ1n) is 8.45.